The summed E-state index contributed by atoms with van der Waals surface area (Å²) in [4.78, 5) is 0. The Balaban J connectivity index is 2.42. The van der Waals surface area contributed by atoms with Crippen LogP contribution in [0.5, 0.6) is 0 Å². The topological polar surface area (TPSA) is 46.2 Å². The molecule has 1 saturated carbocycles. The normalized spacial score (nSPS) is 26.9. The molecule has 16 heavy (non-hydrogen) atoms. The number of hydrogen-bond donors (Lipinski definition) is 1. The third kappa shape index (κ3) is 5.06. The van der Waals surface area contributed by atoms with E-state index in [1.165, 1.54) is 6.42 Å². The van der Waals surface area contributed by atoms with Crippen molar-refractivity contribution in [1.82, 2.24) is 4.72 Å². The maximum Gasteiger partial charge on any atom is 0.211 e. The van der Waals surface area contributed by atoms with Crippen LogP contribution >= 0.6 is 11.8 Å². The van der Waals surface area contributed by atoms with Gasteiger partial charge in [0.15, 0.2) is 0 Å². The molecule has 1 aliphatic rings. The van der Waals surface area contributed by atoms with Gasteiger partial charge in [0.1, 0.15) is 0 Å². The molecule has 1 N–H and O–H groups in total. The van der Waals surface area contributed by atoms with Gasteiger partial charge in [0, 0.05) is 11.3 Å². The van der Waals surface area contributed by atoms with E-state index in [0.29, 0.717) is 11.7 Å². The molecule has 0 bridgehead atoms. The van der Waals surface area contributed by atoms with Crippen molar-refractivity contribution < 1.29 is 8.42 Å². The van der Waals surface area contributed by atoms with Crippen molar-refractivity contribution >= 4 is 21.8 Å². The van der Waals surface area contributed by atoms with Crippen molar-refractivity contribution in [2.45, 2.75) is 57.2 Å². The molecule has 3 nitrogen and oxygen atoms in total. The molecular weight excluding hydrogens is 242 g/mol. The van der Waals surface area contributed by atoms with Gasteiger partial charge in [-0.3, -0.25) is 0 Å². The van der Waals surface area contributed by atoms with E-state index in [-0.39, 0.29) is 11.8 Å². The largest absolute Gasteiger partial charge is 0.212 e. The van der Waals surface area contributed by atoms with Crippen LogP contribution in [0.3, 0.4) is 0 Å². The van der Waals surface area contributed by atoms with E-state index in [4.69, 9.17) is 0 Å². The summed E-state index contributed by atoms with van der Waals surface area (Å²) < 4.78 is 26.1. The van der Waals surface area contributed by atoms with E-state index in [0.717, 1.165) is 25.0 Å². The first-order valence-electron chi connectivity index (χ1n) is 6.19. The van der Waals surface area contributed by atoms with E-state index in [9.17, 15) is 8.42 Å². The van der Waals surface area contributed by atoms with Crippen LogP contribution in [-0.2, 0) is 10.0 Å². The molecule has 1 fully saturated rings. The highest BCUT2D eigenvalue weighted by atomic mass is 32.2. The summed E-state index contributed by atoms with van der Waals surface area (Å²) in [6, 6.07) is 0.175. The highest BCUT2D eigenvalue weighted by molar-refractivity contribution is 7.99. The summed E-state index contributed by atoms with van der Waals surface area (Å²) in [5.41, 5.74) is 0. The molecule has 5 heteroatoms. The number of thioether (sulfide) groups is 1. The van der Waals surface area contributed by atoms with Gasteiger partial charge in [-0.2, -0.15) is 11.8 Å². The second-order valence-corrected chi connectivity index (χ2v) is 7.83. The van der Waals surface area contributed by atoms with Crippen LogP contribution in [0.4, 0.5) is 0 Å². The minimum atomic E-state index is -3.03. The second-order valence-electron chi connectivity index (χ2n) is 4.38. The van der Waals surface area contributed by atoms with Crippen LogP contribution in [0.25, 0.3) is 0 Å². The van der Waals surface area contributed by atoms with E-state index in [2.05, 4.69) is 11.6 Å². The van der Waals surface area contributed by atoms with Crippen LogP contribution < -0.4 is 4.72 Å². The molecule has 0 radical (unpaired) electrons. The Bertz CT molecular complexity index is 288. The predicted molar refractivity (Wildman–Crippen MR) is 71.4 cm³/mol. The average molecular weight is 265 g/mol. The zero-order valence-corrected chi connectivity index (χ0v) is 11.9. The van der Waals surface area contributed by atoms with E-state index >= 15 is 0 Å². The lowest BCUT2D eigenvalue weighted by Gasteiger charge is -2.28. The van der Waals surface area contributed by atoms with Crippen molar-refractivity contribution in [2.24, 2.45) is 0 Å². The number of hydrogen-bond acceptors (Lipinski definition) is 3. The summed E-state index contributed by atoms with van der Waals surface area (Å²) >= 11 is 1.96. The molecule has 0 amide bonds. The Morgan fingerprint density at radius 3 is 2.69 bits per heavy atom. The molecule has 1 rings (SSSR count). The molecule has 0 aromatic carbocycles. The molecule has 0 heterocycles. The first-order chi connectivity index (χ1) is 7.57. The molecule has 0 aromatic heterocycles. The molecule has 0 spiro atoms. The van der Waals surface area contributed by atoms with E-state index < -0.39 is 10.0 Å². The average Bonchev–Trinajstić information content (AvgIpc) is 2.17. The predicted octanol–water partition coefficient (Wildman–Crippen LogP) is 2.38. The Hall–Kier alpha value is 0.260. The van der Waals surface area contributed by atoms with Gasteiger partial charge in [0.2, 0.25) is 10.0 Å². The maximum absolute atomic E-state index is 11.6. The summed E-state index contributed by atoms with van der Waals surface area (Å²) in [7, 11) is -3.03. The zero-order valence-electron chi connectivity index (χ0n) is 10.2. The minimum Gasteiger partial charge on any atom is -0.212 e. The Morgan fingerprint density at radius 2 is 2.06 bits per heavy atom. The fraction of sp³-hybridized carbons (Fsp3) is 1.00. The number of sulfonamides is 1. The quantitative estimate of drug-likeness (QED) is 0.802. The first-order valence-corrected chi connectivity index (χ1v) is 8.89. The molecule has 0 saturated heterocycles. The van der Waals surface area contributed by atoms with Gasteiger partial charge < -0.3 is 0 Å². The third-order valence-corrected chi connectivity index (χ3v) is 5.72. The number of rotatable bonds is 6. The monoisotopic (exact) mass is 265 g/mol. The molecular formula is C11H23NO2S2. The Morgan fingerprint density at radius 1 is 1.31 bits per heavy atom. The third-order valence-electron chi connectivity index (χ3n) is 2.85. The van der Waals surface area contributed by atoms with Crippen molar-refractivity contribution in [2.75, 3.05) is 11.5 Å². The van der Waals surface area contributed by atoms with Crippen LogP contribution in [-0.4, -0.2) is 31.2 Å². The van der Waals surface area contributed by atoms with Gasteiger partial charge in [-0.15, -0.1) is 0 Å². The van der Waals surface area contributed by atoms with Crippen LogP contribution in [0.15, 0.2) is 0 Å². The summed E-state index contributed by atoms with van der Waals surface area (Å²) in [6.07, 6.45) is 5.09. The van der Waals surface area contributed by atoms with Crippen LogP contribution in [0.1, 0.15) is 46.0 Å². The fourth-order valence-electron chi connectivity index (χ4n) is 2.22. The summed E-state index contributed by atoms with van der Waals surface area (Å²) in [5.74, 6) is 1.38. The molecule has 2 atom stereocenters. The van der Waals surface area contributed by atoms with Gasteiger partial charge in [-0.25, -0.2) is 13.1 Å². The molecule has 1 aliphatic carbocycles. The molecule has 0 aromatic rings. The van der Waals surface area contributed by atoms with E-state index in [1.54, 1.807) is 0 Å². The van der Waals surface area contributed by atoms with Gasteiger partial charge >= 0.3 is 0 Å². The van der Waals surface area contributed by atoms with Crippen molar-refractivity contribution in [3.05, 3.63) is 0 Å². The lowest BCUT2D eigenvalue weighted by Crippen LogP contribution is -2.40. The van der Waals surface area contributed by atoms with Gasteiger partial charge in [0.25, 0.3) is 0 Å². The Kier molecular flexibility index (Phi) is 6.15. The maximum atomic E-state index is 11.6. The lowest BCUT2D eigenvalue weighted by atomic mass is 9.96. The minimum absolute atomic E-state index is 0.175. The van der Waals surface area contributed by atoms with Gasteiger partial charge in [0.05, 0.1) is 5.75 Å². The standard InChI is InChI=1S/C11H23NO2S2/c1-3-8-16(13,14)12-10-6-5-7-11(9-10)15-4-2/h10-12H,3-9H2,1-2H3/t10-,11+/m1/s1. The number of nitrogens with one attached hydrogen (secondary N) is 1. The fourth-order valence-corrected chi connectivity index (χ4v) is 4.77. The van der Waals surface area contributed by atoms with Crippen molar-refractivity contribution in [3.8, 4) is 0 Å². The van der Waals surface area contributed by atoms with Gasteiger partial charge in [-0.05, 0) is 31.4 Å². The first kappa shape index (κ1) is 14.3. The Labute approximate surface area is 104 Å². The summed E-state index contributed by atoms with van der Waals surface area (Å²) in [6.45, 7) is 4.06. The second kappa shape index (κ2) is 6.87. The highest BCUT2D eigenvalue weighted by Crippen LogP contribution is 2.28. The van der Waals surface area contributed by atoms with Crippen molar-refractivity contribution in [1.29, 1.82) is 0 Å². The van der Waals surface area contributed by atoms with E-state index in [1.807, 2.05) is 18.7 Å². The van der Waals surface area contributed by atoms with Crippen LogP contribution in [0, 0.1) is 0 Å². The summed E-state index contributed by atoms with van der Waals surface area (Å²) in [5, 5.41) is 0.646. The lowest BCUT2D eigenvalue weighted by molar-refractivity contribution is 0.420. The van der Waals surface area contributed by atoms with Gasteiger partial charge in [-0.1, -0.05) is 20.3 Å². The highest BCUT2D eigenvalue weighted by Gasteiger charge is 2.24. The molecule has 96 valence electrons. The SMILES string of the molecule is CCCS(=O)(=O)N[C@@H]1CCC[C@H](SCC)C1. The van der Waals surface area contributed by atoms with Crippen LogP contribution in [0.2, 0.25) is 0 Å². The molecule has 0 unspecified atom stereocenters. The zero-order chi connectivity index (χ0) is 12.0. The smallest absolute Gasteiger partial charge is 0.211 e. The van der Waals surface area contributed by atoms with Crippen molar-refractivity contribution in [3.63, 3.8) is 0 Å². The molecule has 0 aliphatic heterocycles.